The number of benzene rings is 2. The third-order valence-corrected chi connectivity index (χ3v) is 6.32. The third kappa shape index (κ3) is 3.43. The number of hydrogen-bond acceptors (Lipinski definition) is 4. The second kappa shape index (κ2) is 8.06. The summed E-state index contributed by atoms with van der Waals surface area (Å²) >= 11 is 0. The molecule has 0 saturated carbocycles. The number of fused-ring (bicyclic) bond motifs is 2. The molecule has 5 rings (SSSR count). The first-order chi connectivity index (χ1) is 14.7. The van der Waals surface area contributed by atoms with E-state index in [4.69, 9.17) is 9.72 Å². The van der Waals surface area contributed by atoms with Gasteiger partial charge in [-0.25, -0.2) is 4.98 Å². The maximum Gasteiger partial charge on any atom is 0.148 e. The Kier molecular flexibility index (Phi) is 5.12. The molecule has 0 aliphatic carbocycles. The average Bonchev–Trinajstić information content (AvgIpc) is 3.09. The van der Waals surface area contributed by atoms with Crippen molar-refractivity contribution in [2.75, 3.05) is 20.1 Å². The van der Waals surface area contributed by atoms with Crippen LogP contribution in [0.4, 0.5) is 0 Å². The molecule has 1 saturated heterocycles. The van der Waals surface area contributed by atoms with Gasteiger partial charge >= 0.3 is 0 Å². The summed E-state index contributed by atoms with van der Waals surface area (Å²) in [4.78, 5) is 7.37. The van der Waals surface area contributed by atoms with Crippen LogP contribution in [0.15, 0.2) is 54.6 Å². The van der Waals surface area contributed by atoms with Crippen LogP contribution in [0.25, 0.3) is 11.3 Å². The minimum atomic E-state index is -0.248. The van der Waals surface area contributed by atoms with E-state index in [9.17, 15) is 5.26 Å². The smallest absolute Gasteiger partial charge is 0.148 e. The minimum absolute atomic E-state index is 0.202. The molecule has 30 heavy (non-hydrogen) atoms. The molecule has 1 aromatic heterocycles. The van der Waals surface area contributed by atoms with Crippen molar-refractivity contribution in [1.29, 1.82) is 5.26 Å². The van der Waals surface area contributed by atoms with Crippen molar-refractivity contribution in [3.63, 3.8) is 0 Å². The lowest BCUT2D eigenvalue weighted by molar-refractivity contribution is -0.0275. The summed E-state index contributed by atoms with van der Waals surface area (Å²) in [6, 6.07) is 20.9. The first kappa shape index (κ1) is 19.0. The molecule has 0 spiro atoms. The largest absolute Gasteiger partial charge is 0.362 e. The molecule has 0 amide bonds. The number of likely N-dealkylation sites (tertiary alicyclic amines) is 1. The van der Waals surface area contributed by atoms with Crippen molar-refractivity contribution in [3.8, 4) is 17.3 Å². The second-order valence-corrected chi connectivity index (χ2v) is 8.26. The highest BCUT2D eigenvalue weighted by molar-refractivity contribution is 5.66. The van der Waals surface area contributed by atoms with Gasteiger partial charge < -0.3 is 14.2 Å². The predicted octanol–water partition coefficient (Wildman–Crippen LogP) is 4.18. The molecular weight excluding hydrogens is 372 g/mol. The number of rotatable bonds is 3. The van der Waals surface area contributed by atoms with Gasteiger partial charge in [0.05, 0.1) is 6.10 Å². The Balaban J connectivity index is 1.61. The van der Waals surface area contributed by atoms with Gasteiger partial charge in [0, 0.05) is 25.2 Å². The van der Waals surface area contributed by atoms with Crippen LogP contribution in [-0.4, -0.2) is 40.7 Å². The van der Waals surface area contributed by atoms with E-state index in [1.165, 1.54) is 11.1 Å². The van der Waals surface area contributed by atoms with E-state index in [-0.39, 0.29) is 12.2 Å². The number of hydrogen-bond donors (Lipinski definition) is 0. The number of piperidine rings is 1. The monoisotopic (exact) mass is 398 g/mol. The van der Waals surface area contributed by atoms with Crippen LogP contribution in [-0.2, 0) is 17.7 Å². The van der Waals surface area contributed by atoms with Gasteiger partial charge in [-0.2, -0.15) is 5.26 Å². The van der Waals surface area contributed by atoms with E-state index in [0.29, 0.717) is 5.69 Å². The number of ether oxygens (including phenoxy) is 1. The maximum atomic E-state index is 10.0. The first-order valence-corrected chi connectivity index (χ1v) is 10.7. The Morgan fingerprint density at radius 1 is 1.00 bits per heavy atom. The van der Waals surface area contributed by atoms with Crippen LogP contribution >= 0.6 is 0 Å². The molecule has 3 aromatic rings. The van der Waals surface area contributed by atoms with Crippen molar-refractivity contribution in [2.45, 2.75) is 38.0 Å². The molecule has 2 aliphatic rings. The van der Waals surface area contributed by atoms with Crippen molar-refractivity contribution in [1.82, 2.24) is 14.5 Å². The highest BCUT2D eigenvalue weighted by Gasteiger charge is 2.32. The van der Waals surface area contributed by atoms with Crippen molar-refractivity contribution in [2.24, 2.45) is 0 Å². The van der Waals surface area contributed by atoms with E-state index in [2.05, 4.69) is 46.8 Å². The van der Waals surface area contributed by atoms with Crippen molar-refractivity contribution in [3.05, 3.63) is 77.2 Å². The zero-order valence-corrected chi connectivity index (χ0v) is 17.3. The van der Waals surface area contributed by atoms with Gasteiger partial charge in [-0.1, -0.05) is 54.6 Å². The molecule has 2 aliphatic heterocycles. The molecule has 0 N–H and O–H groups in total. The third-order valence-electron chi connectivity index (χ3n) is 6.32. The van der Waals surface area contributed by atoms with Gasteiger partial charge in [0.2, 0.25) is 0 Å². The van der Waals surface area contributed by atoms with Gasteiger partial charge in [0.15, 0.2) is 0 Å². The molecule has 152 valence electrons. The fraction of sp³-hybridized carbons (Fsp3) is 0.360. The Hall–Kier alpha value is -2.94. The van der Waals surface area contributed by atoms with E-state index in [1.807, 2.05) is 30.3 Å². The van der Waals surface area contributed by atoms with Crippen LogP contribution in [0, 0.1) is 11.3 Å². The Morgan fingerprint density at radius 2 is 1.73 bits per heavy atom. The van der Waals surface area contributed by atoms with E-state index in [1.54, 1.807) is 0 Å². The molecule has 1 fully saturated rings. The van der Waals surface area contributed by atoms with Crippen molar-refractivity contribution < 1.29 is 4.74 Å². The minimum Gasteiger partial charge on any atom is -0.362 e. The number of nitriles is 1. The maximum absolute atomic E-state index is 10.0. The van der Waals surface area contributed by atoms with Gasteiger partial charge in [-0.05, 0) is 37.4 Å². The van der Waals surface area contributed by atoms with Gasteiger partial charge in [-0.15, -0.1) is 0 Å². The zero-order valence-electron chi connectivity index (χ0n) is 17.3. The number of aromatic nitrogens is 2. The topological polar surface area (TPSA) is 54.1 Å². The van der Waals surface area contributed by atoms with E-state index in [0.717, 1.165) is 56.0 Å². The van der Waals surface area contributed by atoms with Gasteiger partial charge in [0.1, 0.15) is 29.4 Å². The SMILES string of the molecule is CN1CCC(OC2c3ccccc3CCn3c2nc(-c2ccccc2)c3C#N)CC1. The summed E-state index contributed by atoms with van der Waals surface area (Å²) in [5.74, 6) is 0.856. The van der Waals surface area contributed by atoms with Crippen LogP contribution in [0.1, 0.15) is 41.6 Å². The van der Waals surface area contributed by atoms with E-state index >= 15 is 0 Å². The normalized spacial score (nSPS) is 19.5. The fourth-order valence-electron chi connectivity index (χ4n) is 4.64. The van der Waals surface area contributed by atoms with Crippen LogP contribution in [0.5, 0.6) is 0 Å². The number of aryl methyl sites for hydroxylation is 1. The summed E-state index contributed by atoms with van der Waals surface area (Å²) in [6.45, 7) is 2.83. The van der Waals surface area contributed by atoms with E-state index < -0.39 is 0 Å². The molecule has 1 unspecified atom stereocenters. The first-order valence-electron chi connectivity index (χ1n) is 10.7. The molecule has 0 bridgehead atoms. The summed E-state index contributed by atoms with van der Waals surface area (Å²) in [5.41, 5.74) is 4.82. The van der Waals surface area contributed by atoms with Crippen LogP contribution < -0.4 is 0 Å². The van der Waals surface area contributed by atoms with Gasteiger partial charge in [-0.3, -0.25) is 0 Å². The Labute approximate surface area is 177 Å². The Morgan fingerprint density at radius 3 is 2.50 bits per heavy atom. The highest BCUT2D eigenvalue weighted by atomic mass is 16.5. The molecular formula is C25H26N4O. The zero-order chi connectivity index (χ0) is 20.5. The lowest BCUT2D eigenvalue weighted by Crippen LogP contribution is -2.35. The van der Waals surface area contributed by atoms with Crippen LogP contribution in [0.2, 0.25) is 0 Å². The van der Waals surface area contributed by atoms with Crippen LogP contribution in [0.3, 0.4) is 0 Å². The molecule has 3 heterocycles. The second-order valence-electron chi connectivity index (χ2n) is 8.26. The average molecular weight is 399 g/mol. The van der Waals surface area contributed by atoms with Gasteiger partial charge in [0.25, 0.3) is 0 Å². The summed E-state index contributed by atoms with van der Waals surface area (Å²) in [6.07, 6.45) is 2.87. The summed E-state index contributed by atoms with van der Waals surface area (Å²) < 4.78 is 8.83. The standard InChI is InChI=1S/C25H26N4O/c1-28-14-12-20(13-15-28)30-24-21-10-6-5-7-18(21)11-16-29-22(17-26)23(27-25(24)29)19-8-3-2-4-9-19/h2-10,20,24H,11-16H2,1H3. The lowest BCUT2D eigenvalue weighted by atomic mass is 10.00. The summed E-state index contributed by atoms with van der Waals surface area (Å²) in [7, 11) is 2.16. The molecule has 5 heteroatoms. The number of imidazole rings is 1. The predicted molar refractivity (Wildman–Crippen MR) is 116 cm³/mol. The summed E-state index contributed by atoms with van der Waals surface area (Å²) in [5, 5.41) is 10.0. The molecule has 1 atom stereocenters. The quantitative estimate of drug-likeness (QED) is 0.664. The molecule has 5 nitrogen and oxygen atoms in total. The Bertz CT molecular complexity index is 1070. The molecule has 2 aromatic carbocycles. The highest BCUT2D eigenvalue weighted by Crippen LogP contribution is 2.37. The molecule has 0 radical (unpaired) electrons. The van der Waals surface area contributed by atoms with Crippen molar-refractivity contribution >= 4 is 0 Å². The number of nitrogens with zero attached hydrogens (tertiary/aromatic N) is 4. The lowest BCUT2D eigenvalue weighted by Gasteiger charge is -2.32. The fourth-order valence-corrected chi connectivity index (χ4v) is 4.64.